The van der Waals surface area contributed by atoms with Crippen LogP contribution in [0.15, 0.2) is 46.9 Å². The number of nitrogens with two attached hydrogens (primary N) is 1. The van der Waals surface area contributed by atoms with Gasteiger partial charge in [0.2, 0.25) is 0 Å². The molecule has 0 saturated carbocycles. The third-order valence-electron chi connectivity index (χ3n) is 2.21. The zero-order chi connectivity index (χ0) is 10.8. The van der Waals surface area contributed by atoms with E-state index in [1.54, 1.807) is 12.1 Å². The van der Waals surface area contributed by atoms with Crippen LogP contribution in [0.3, 0.4) is 0 Å². The molecule has 0 aliphatic carbocycles. The molecule has 2 aromatic carbocycles. The highest BCUT2D eigenvalue weighted by atomic mass is 79.9. The Bertz CT molecular complexity index is 479. The van der Waals surface area contributed by atoms with Crippen LogP contribution in [0.5, 0.6) is 5.75 Å². The summed E-state index contributed by atoms with van der Waals surface area (Å²) in [5, 5.41) is 9.48. The van der Waals surface area contributed by atoms with Gasteiger partial charge in [0.1, 0.15) is 5.75 Å². The average molecular weight is 264 g/mol. The van der Waals surface area contributed by atoms with Gasteiger partial charge in [-0.2, -0.15) is 0 Å². The highest BCUT2D eigenvalue weighted by molar-refractivity contribution is 9.10. The number of rotatable bonds is 1. The van der Waals surface area contributed by atoms with Crippen molar-refractivity contribution in [3.05, 3.63) is 46.9 Å². The van der Waals surface area contributed by atoms with Gasteiger partial charge in [-0.15, -0.1) is 0 Å². The van der Waals surface area contributed by atoms with Crippen molar-refractivity contribution in [2.75, 3.05) is 5.73 Å². The largest absolute Gasteiger partial charge is 0.506 e. The van der Waals surface area contributed by atoms with Gasteiger partial charge in [0.15, 0.2) is 0 Å². The van der Waals surface area contributed by atoms with Crippen LogP contribution in [-0.2, 0) is 0 Å². The molecule has 2 nitrogen and oxygen atoms in total. The highest BCUT2D eigenvalue weighted by Crippen LogP contribution is 2.28. The van der Waals surface area contributed by atoms with E-state index in [1.165, 1.54) is 0 Å². The monoisotopic (exact) mass is 263 g/mol. The van der Waals surface area contributed by atoms with Crippen molar-refractivity contribution in [1.82, 2.24) is 0 Å². The van der Waals surface area contributed by atoms with Gasteiger partial charge in [-0.3, -0.25) is 0 Å². The van der Waals surface area contributed by atoms with E-state index in [9.17, 15) is 5.11 Å². The predicted molar refractivity (Wildman–Crippen MR) is 65.7 cm³/mol. The molecular formula is C12H10BrNO. The number of halogens is 1. The summed E-state index contributed by atoms with van der Waals surface area (Å²) in [6.07, 6.45) is 0. The fourth-order valence-corrected chi connectivity index (χ4v) is 1.63. The highest BCUT2D eigenvalue weighted by Gasteiger charge is 2.01. The second-order valence-electron chi connectivity index (χ2n) is 3.28. The Morgan fingerprint density at radius 1 is 0.933 bits per heavy atom. The molecule has 3 N–H and O–H groups in total. The van der Waals surface area contributed by atoms with Crippen LogP contribution in [-0.4, -0.2) is 5.11 Å². The van der Waals surface area contributed by atoms with Gasteiger partial charge < -0.3 is 10.8 Å². The first kappa shape index (κ1) is 10.1. The van der Waals surface area contributed by atoms with E-state index < -0.39 is 0 Å². The molecule has 0 amide bonds. The van der Waals surface area contributed by atoms with E-state index in [-0.39, 0.29) is 5.75 Å². The van der Waals surface area contributed by atoms with E-state index in [1.807, 2.05) is 30.3 Å². The minimum Gasteiger partial charge on any atom is -0.506 e. The van der Waals surface area contributed by atoms with Crippen molar-refractivity contribution in [3.8, 4) is 16.9 Å². The maximum absolute atomic E-state index is 9.48. The van der Waals surface area contributed by atoms with Crippen LogP contribution in [0.25, 0.3) is 11.1 Å². The molecule has 0 aromatic heterocycles. The van der Waals surface area contributed by atoms with Crippen LogP contribution >= 0.6 is 15.9 Å². The Morgan fingerprint density at radius 3 is 2.13 bits per heavy atom. The molecular weight excluding hydrogens is 254 g/mol. The first-order chi connectivity index (χ1) is 7.16. The van der Waals surface area contributed by atoms with Crippen molar-refractivity contribution >= 4 is 21.6 Å². The van der Waals surface area contributed by atoms with E-state index in [4.69, 9.17) is 5.73 Å². The molecule has 0 spiro atoms. The summed E-state index contributed by atoms with van der Waals surface area (Å²) in [6, 6.07) is 13.1. The van der Waals surface area contributed by atoms with Crippen molar-refractivity contribution in [2.45, 2.75) is 0 Å². The summed E-state index contributed by atoms with van der Waals surface area (Å²) in [5.41, 5.74) is 7.93. The second kappa shape index (κ2) is 3.95. The van der Waals surface area contributed by atoms with Crippen LogP contribution in [0.1, 0.15) is 0 Å². The van der Waals surface area contributed by atoms with Crippen molar-refractivity contribution in [3.63, 3.8) is 0 Å². The lowest BCUT2D eigenvalue weighted by Crippen LogP contribution is -1.85. The first-order valence-corrected chi connectivity index (χ1v) is 5.30. The molecule has 76 valence electrons. The molecule has 0 saturated heterocycles. The normalized spacial score (nSPS) is 10.2. The number of hydrogen-bond acceptors (Lipinski definition) is 2. The van der Waals surface area contributed by atoms with Crippen molar-refractivity contribution in [1.29, 1.82) is 0 Å². The Hall–Kier alpha value is -1.48. The Balaban J connectivity index is 2.45. The number of phenols is 1. The molecule has 0 bridgehead atoms. The lowest BCUT2D eigenvalue weighted by Gasteiger charge is -2.04. The lowest BCUT2D eigenvalue weighted by atomic mass is 10.1. The van der Waals surface area contributed by atoms with Crippen LogP contribution in [0.2, 0.25) is 0 Å². The third kappa shape index (κ3) is 2.13. The first-order valence-electron chi connectivity index (χ1n) is 4.51. The van der Waals surface area contributed by atoms with Gasteiger partial charge in [-0.25, -0.2) is 0 Å². The molecule has 0 atom stereocenters. The fraction of sp³-hybridized carbons (Fsp3) is 0. The van der Waals surface area contributed by atoms with Crippen LogP contribution < -0.4 is 5.73 Å². The molecule has 0 heterocycles. The number of aromatic hydroxyl groups is 1. The summed E-state index contributed by atoms with van der Waals surface area (Å²) < 4.78 is 1.03. The molecule has 0 radical (unpaired) electrons. The fourth-order valence-electron chi connectivity index (χ4n) is 1.37. The maximum atomic E-state index is 9.48. The lowest BCUT2D eigenvalue weighted by molar-refractivity contribution is 0.478. The summed E-state index contributed by atoms with van der Waals surface area (Å²) in [5.74, 6) is 0.121. The third-order valence-corrected chi connectivity index (χ3v) is 2.74. The number of nitrogen functional groups attached to an aromatic ring is 1. The molecule has 0 aliphatic heterocycles. The number of benzene rings is 2. The van der Waals surface area contributed by atoms with Crippen LogP contribution in [0, 0.1) is 0 Å². The number of hydrogen-bond donors (Lipinski definition) is 2. The van der Waals surface area contributed by atoms with Gasteiger partial charge in [0.05, 0.1) is 5.69 Å². The van der Waals surface area contributed by atoms with Crippen molar-refractivity contribution in [2.24, 2.45) is 0 Å². The molecule has 2 rings (SSSR count). The zero-order valence-corrected chi connectivity index (χ0v) is 9.53. The quantitative estimate of drug-likeness (QED) is 0.612. The smallest absolute Gasteiger partial charge is 0.139 e. The van der Waals surface area contributed by atoms with Gasteiger partial charge in [-0.1, -0.05) is 34.1 Å². The van der Waals surface area contributed by atoms with Gasteiger partial charge >= 0.3 is 0 Å². The second-order valence-corrected chi connectivity index (χ2v) is 4.20. The molecule has 0 fully saturated rings. The average Bonchev–Trinajstić information content (AvgIpc) is 2.23. The van der Waals surface area contributed by atoms with Crippen LogP contribution in [0.4, 0.5) is 5.69 Å². The summed E-state index contributed by atoms with van der Waals surface area (Å²) >= 11 is 3.37. The SMILES string of the molecule is Nc1ccc(-c2ccc(Br)cc2)cc1O. The molecule has 3 heteroatoms. The minimum absolute atomic E-state index is 0.121. The summed E-state index contributed by atoms with van der Waals surface area (Å²) in [7, 11) is 0. The predicted octanol–water partition coefficient (Wildman–Crippen LogP) is 3.40. The molecule has 15 heavy (non-hydrogen) atoms. The molecule has 0 aliphatic rings. The Labute approximate surface area is 96.5 Å². The Kier molecular flexibility index (Phi) is 2.64. The van der Waals surface area contributed by atoms with Gasteiger partial charge in [-0.05, 0) is 35.4 Å². The number of phenolic OH excluding ortho intramolecular Hbond substituents is 1. The standard InChI is InChI=1S/C12H10BrNO/c13-10-4-1-8(2-5-10)9-3-6-11(14)12(15)7-9/h1-7,15H,14H2. The topological polar surface area (TPSA) is 46.2 Å². The van der Waals surface area contributed by atoms with E-state index in [2.05, 4.69) is 15.9 Å². The minimum atomic E-state index is 0.121. The van der Waals surface area contributed by atoms with E-state index in [0.717, 1.165) is 15.6 Å². The van der Waals surface area contributed by atoms with E-state index >= 15 is 0 Å². The zero-order valence-electron chi connectivity index (χ0n) is 7.94. The van der Waals surface area contributed by atoms with Gasteiger partial charge in [0.25, 0.3) is 0 Å². The van der Waals surface area contributed by atoms with E-state index in [0.29, 0.717) is 5.69 Å². The number of anilines is 1. The Morgan fingerprint density at radius 2 is 1.53 bits per heavy atom. The molecule has 2 aromatic rings. The van der Waals surface area contributed by atoms with Crippen molar-refractivity contribution < 1.29 is 5.11 Å². The molecule has 0 unspecified atom stereocenters. The summed E-state index contributed by atoms with van der Waals surface area (Å²) in [6.45, 7) is 0. The maximum Gasteiger partial charge on any atom is 0.139 e. The van der Waals surface area contributed by atoms with Gasteiger partial charge in [0, 0.05) is 4.47 Å². The summed E-state index contributed by atoms with van der Waals surface area (Å²) in [4.78, 5) is 0.